The van der Waals surface area contributed by atoms with Gasteiger partial charge in [0.2, 0.25) is 0 Å². The minimum absolute atomic E-state index is 0.166. The molecule has 0 radical (unpaired) electrons. The molecule has 0 aromatic carbocycles. The van der Waals surface area contributed by atoms with Gasteiger partial charge in [-0.3, -0.25) is 10.1 Å². The summed E-state index contributed by atoms with van der Waals surface area (Å²) in [5.74, 6) is 0.602. The molecule has 19 heavy (non-hydrogen) atoms. The third-order valence-electron chi connectivity index (χ3n) is 4.03. The van der Waals surface area contributed by atoms with Crippen LogP contribution in [0.15, 0.2) is 0 Å². The van der Waals surface area contributed by atoms with Crippen LogP contribution in [0.3, 0.4) is 0 Å². The maximum atomic E-state index is 12.1. The molecule has 0 bridgehead atoms. The number of methoxy groups -OCH3 is 1. The van der Waals surface area contributed by atoms with Crippen molar-refractivity contribution in [3.05, 3.63) is 0 Å². The molecule has 0 aliphatic carbocycles. The summed E-state index contributed by atoms with van der Waals surface area (Å²) in [6, 6.07) is 0.647. The van der Waals surface area contributed by atoms with E-state index in [1.54, 1.807) is 0 Å². The van der Waals surface area contributed by atoms with E-state index in [2.05, 4.69) is 37.9 Å². The quantitative estimate of drug-likeness (QED) is 0.750. The molecule has 1 N–H and O–H groups in total. The molecule has 1 fully saturated rings. The van der Waals surface area contributed by atoms with Crippen LogP contribution >= 0.6 is 0 Å². The summed E-state index contributed by atoms with van der Waals surface area (Å²) in [7, 11) is 1.46. The van der Waals surface area contributed by atoms with Crippen LogP contribution in [-0.2, 0) is 9.53 Å². The molecular weight excluding hydrogens is 240 g/mol. The fourth-order valence-electron chi connectivity index (χ4n) is 3.15. The molecule has 1 rings (SSSR count). The fourth-order valence-corrected chi connectivity index (χ4v) is 3.15. The highest BCUT2D eigenvalue weighted by molar-refractivity contribution is 5.80. The van der Waals surface area contributed by atoms with Gasteiger partial charge in [-0.05, 0) is 53.0 Å². The molecule has 3 unspecified atom stereocenters. The number of nitrogens with one attached hydrogen (secondary N) is 1. The van der Waals surface area contributed by atoms with Gasteiger partial charge in [0.1, 0.15) is 5.54 Å². The lowest BCUT2D eigenvalue weighted by Crippen LogP contribution is -2.56. The summed E-state index contributed by atoms with van der Waals surface area (Å²) in [6.45, 7) is 12.9. The highest BCUT2D eigenvalue weighted by atomic mass is 16.5. The van der Waals surface area contributed by atoms with Crippen LogP contribution < -0.4 is 5.32 Å². The van der Waals surface area contributed by atoms with Crippen LogP contribution in [-0.4, -0.2) is 48.7 Å². The molecule has 3 atom stereocenters. The molecule has 1 aliphatic heterocycles. The zero-order chi connectivity index (χ0) is 14.6. The Bertz CT molecular complexity index is 307. The Morgan fingerprint density at radius 3 is 2.53 bits per heavy atom. The number of carbonyl (C=O) groups excluding carboxylic acids is 1. The standard InChI is InChI=1S/C15H30N2O2/c1-11(2)16-15(5,14(18)19-6)9-13(4)17-8-7-12(3)10-17/h11-13,16H,7-10H2,1-6H3. The minimum atomic E-state index is -0.603. The van der Waals surface area contributed by atoms with E-state index >= 15 is 0 Å². The van der Waals surface area contributed by atoms with Gasteiger partial charge in [0.05, 0.1) is 7.11 Å². The molecular formula is C15H30N2O2. The maximum absolute atomic E-state index is 12.1. The third kappa shape index (κ3) is 4.46. The largest absolute Gasteiger partial charge is 0.468 e. The van der Waals surface area contributed by atoms with E-state index in [9.17, 15) is 4.79 Å². The zero-order valence-electron chi connectivity index (χ0n) is 13.3. The van der Waals surface area contributed by atoms with E-state index < -0.39 is 5.54 Å². The molecule has 0 amide bonds. The second-order valence-corrected chi connectivity index (χ2v) is 6.56. The third-order valence-corrected chi connectivity index (χ3v) is 4.03. The summed E-state index contributed by atoms with van der Waals surface area (Å²) >= 11 is 0. The molecule has 0 spiro atoms. The first kappa shape index (κ1) is 16.4. The highest BCUT2D eigenvalue weighted by Gasteiger charge is 2.38. The Morgan fingerprint density at radius 1 is 1.47 bits per heavy atom. The van der Waals surface area contributed by atoms with E-state index in [4.69, 9.17) is 4.74 Å². The van der Waals surface area contributed by atoms with Crippen LogP contribution in [0.2, 0.25) is 0 Å². The molecule has 1 aliphatic rings. The Morgan fingerprint density at radius 2 is 2.11 bits per heavy atom. The lowest BCUT2D eigenvalue weighted by atomic mass is 9.92. The summed E-state index contributed by atoms with van der Waals surface area (Å²) in [6.07, 6.45) is 2.04. The van der Waals surface area contributed by atoms with Gasteiger partial charge in [-0.1, -0.05) is 6.92 Å². The lowest BCUT2D eigenvalue weighted by molar-refractivity contribution is -0.149. The Labute approximate surface area is 117 Å². The topological polar surface area (TPSA) is 41.6 Å². The van der Waals surface area contributed by atoms with Crippen LogP contribution in [0.1, 0.15) is 47.5 Å². The summed E-state index contributed by atoms with van der Waals surface area (Å²) < 4.78 is 4.98. The Balaban J connectivity index is 2.68. The van der Waals surface area contributed by atoms with E-state index in [-0.39, 0.29) is 12.0 Å². The molecule has 112 valence electrons. The van der Waals surface area contributed by atoms with Gasteiger partial charge in [0, 0.05) is 18.6 Å². The first-order valence-electron chi connectivity index (χ1n) is 7.38. The monoisotopic (exact) mass is 270 g/mol. The highest BCUT2D eigenvalue weighted by Crippen LogP contribution is 2.24. The first-order chi connectivity index (χ1) is 8.78. The molecule has 0 aromatic heterocycles. The number of nitrogens with zero attached hydrogens (tertiary/aromatic N) is 1. The van der Waals surface area contributed by atoms with Gasteiger partial charge < -0.3 is 9.64 Å². The maximum Gasteiger partial charge on any atom is 0.325 e. The smallest absolute Gasteiger partial charge is 0.325 e. The fraction of sp³-hybridized carbons (Fsp3) is 0.933. The van der Waals surface area contributed by atoms with Crippen LogP contribution in [0.25, 0.3) is 0 Å². The average Bonchev–Trinajstić information content (AvgIpc) is 2.73. The predicted octanol–water partition coefficient (Wildman–Crippen LogP) is 2.04. The van der Waals surface area contributed by atoms with Crippen molar-refractivity contribution in [3.63, 3.8) is 0 Å². The molecule has 0 saturated carbocycles. The molecule has 4 nitrogen and oxygen atoms in total. The average molecular weight is 270 g/mol. The van der Waals surface area contributed by atoms with Crippen molar-refractivity contribution in [2.45, 2.75) is 65.1 Å². The number of carbonyl (C=O) groups is 1. The van der Waals surface area contributed by atoms with Gasteiger partial charge in [-0.2, -0.15) is 0 Å². The normalized spacial score (nSPS) is 25.3. The van der Waals surface area contributed by atoms with Crippen LogP contribution in [0.5, 0.6) is 0 Å². The summed E-state index contributed by atoms with van der Waals surface area (Å²) in [4.78, 5) is 14.6. The SMILES string of the molecule is COC(=O)C(C)(CC(C)N1CCC(C)C1)NC(C)C. The summed E-state index contributed by atoms with van der Waals surface area (Å²) in [5, 5.41) is 3.37. The predicted molar refractivity (Wildman–Crippen MR) is 78.1 cm³/mol. The zero-order valence-corrected chi connectivity index (χ0v) is 13.3. The molecule has 1 heterocycles. The summed E-state index contributed by atoms with van der Waals surface area (Å²) in [5.41, 5.74) is -0.603. The molecule has 1 saturated heterocycles. The first-order valence-corrected chi connectivity index (χ1v) is 7.38. The second-order valence-electron chi connectivity index (χ2n) is 6.56. The van der Waals surface area contributed by atoms with Gasteiger partial charge in [-0.25, -0.2) is 0 Å². The minimum Gasteiger partial charge on any atom is -0.468 e. The van der Waals surface area contributed by atoms with Crippen molar-refractivity contribution in [1.29, 1.82) is 0 Å². The van der Waals surface area contributed by atoms with Crippen molar-refractivity contribution >= 4 is 5.97 Å². The Kier molecular flexibility index (Phi) is 5.81. The molecule has 0 aromatic rings. The van der Waals surface area contributed by atoms with Crippen molar-refractivity contribution in [2.75, 3.05) is 20.2 Å². The van der Waals surface area contributed by atoms with Crippen molar-refractivity contribution in [1.82, 2.24) is 10.2 Å². The lowest BCUT2D eigenvalue weighted by Gasteiger charge is -2.35. The number of ether oxygens (including phenoxy) is 1. The molecule has 4 heteroatoms. The van der Waals surface area contributed by atoms with Gasteiger partial charge in [-0.15, -0.1) is 0 Å². The van der Waals surface area contributed by atoms with Gasteiger partial charge >= 0.3 is 5.97 Å². The number of rotatable bonds is 6. The number of likely N-dealkylation sites (tertiary alicyclic amines) is 1. The number of hydrogen-bond donors (Lipinski definition) is 1. The van der Waals surface area contributed by atoms with Crippen molar-refractivity contribution in [2.24, 2.45) is 5.92 Å². The van der Waals surface area contributed by atoms with Crippen LogP contribution in [0.4, 0.5) is 0 Å². The number of hydrogen-bond acceptors (Lipinski definition) is 4. The van der Waals surface area contributed by atoms with Crippen molar-refractivity contribution in [3.8, 4) is 0 Å². The van der Waals surface area contributed by atoms with Crippen LogP contribution in [0, 0.1) is 5.92 Å². The van der Waals surface area contributed by atoms with E-state index in [0.717, 1.165) is 25.4 Å². The van der Waals surface area contributed by atoms with E-state index in [1.807, 2.05) is 6.92 Å². The second kappa shape index (κ2) is 6.71. The van der Waals surface area contributed by atoms with Crippen molar-refractivity contribution < 1.29 is 9.53 Å². The van der Waals surface area contributed by atoms with Gasteiger partial charge in [0.25, 0.3) is 0 Å². The Hall–Kier alpha value is -0.610. The van der Waals surface area contributed by atoms with E-state index in [1.165, 1.54) is 13.5 Å². The van der Waals surface area contributed by atoms with E-state index in [0.29, 0.717) is 6.04 Å². The van der Waals surface area contributed by atoms with Gasteiger partial charge in [0.15, 0.2) is 0 Å². The number of esters is 1.